The number of hydrogen-bond acceptors (Lipinski definition) is 15. The van der Waals surface area contributed by atoms with Crippen molar-refractivity contribution in [1.82, 2.24) is 0 Å². The average Bonchev–Trinajstić information content (AvgIpc) is 0.909. The van der Waals surface area contributed by atoms with E-state index in [4.69, 9.17) is 37.0 Å². The van der Waals surface area contributed by atoms with E-state index >= 15 is 0 Å². The van der Waals surface area contributed by atoms with Gasteiger partial charge in [-0.3, -0.25) is 37.3 Å². The Labute approximate surface area is 626 Å². The third kappa shape index (κ3) is 72.3. The zero-order valence-electron chi connectivity index (χ0n) is 67.2. The highest BCUT2D eigenvalue weighted by molar-refractivity contribution is 7.47. The van der Waals surface area contributed by atoms with E-state index in [0.717, 1.165) is 120 Å². The Kier molecular flexibility index (Phi) is 70.6. The van der Waals surface area contributed by atoms with E-state index in [1.54, 1.807) is 0 Å². The second kappa shape index (κ2) is 72.0. The molecule has 0 aromatic heterocycles. The first-order valence-electron chi connectivity index (χ1n) is 42.8. The van der Waals surface area contributed by atoms with Crippen molar-refractivity contribution in [2.75, 3.05) is 39.6 Å². The lowest BCUT2D eigenvalue weighted by Crippen LogP contribution is -2.30. The molecule has 0 aliphatic rings. The van der Waals surface area contributed by atoms with Crippen LogP contribution in [-0.2, 0) is 65.4 Å². The van der Waals surface area contributed by atoms with Crippen molar-refractivity contribution in [3.8, 4) is 0 Å². The molecule has 0 spiro atoms. The van der Waals surface area contributed by atoms with Crippen molar-refractivity contribution < 1.29 is 80.2 Å². The van der Waals surface area contributed by atoms with E-state index in [9.17, 15) is 43.2 Å². The second-order valence-corrected chi connectivity index (χ2v) is 34.0. The van der Waals surface area contributed by atoms with Gasteiger partial charge >= 0.3 is 39.5 Å². The molecule has 0 rings (SSSR count). The number of rotatable bonds is 80. The summed E-state index contributed by atoms with van der Waals surface area (Å²) in [5.41, 5.74) is 0. The minimum absolute atomic E-state index is 0.105. The molecule has 19 heteroatoms. The van der Waals surface area contributed by atoms with E-state index in [-0.39, 0.29) is 25.7 Å². The van der Waals surface area contributed by atoms with Crippen LogP contribution in [0.4, 0.5) is 0 Å². The molecule has 0 aliphatic heterocycles. The molecule has 5 unspecified atom stereocenters. The van der Waals surface area contributed by atoms with Gasteiger partial charge in [-0.15, -0.1) is 0 Å². The number of aliphatic hydroxyl groups excluding tert-OH is 1. The molecule has 102 heavy (non-hydrogen) atoms. The number of hydrogen-bond donors (Lipinski definition) is 3. The predicted molar refractivity (Wildman–Crippen MR) is 418 cm³/mol. The Morgan fingerprint density at radius 2 is 0.471 bits per heavy atom. The van der Waals surface area contributed by atoms with Gasteiger partial charge in [-0.25, -0.2) is 9.13 Å². The minimum atomic E-state index is -4.96. The van der Waals surface area contributed by atoms with Gasteiger partial charge < -0.3 is 33.8 Å². The monoisotopic (exact) mass is 1490 g/mol. The molecule has 0 heterocycles. The van der Waals surface area contributed by atoms with Crippen molar-refractivity contribution in [2.24, 2.45) is 23.7 Å². The fourth-order valence-electron chi connectivity index (χ4n) is 12.7. The van der Waals surface area contributed by atoms with Gasteiger partial charge in [-0.2, -0.15) is 0 Å². The summed E-state index contributed by atoms with van der Waals surface area (Å²) in [6, 6.07) is 0. The maximum atomic E-state index is 13.1. The van der Waals surface area contributed by atoms with Crippen LogP contribution in [-0.4, -0.2) is 96.7 Å². The number of carbonyl (C=O) groups excluding carboxylic acids is 4. The van der Waals surface area contributed by atoms with Crippen molar-refractivity contribution >= 4 is 39.5 Å². The van der Waals surface area contributed by atoms with Crippen LogP contribution in [0.2, 0.25) is 0 Å². The number of esters is 4. The Bertz CT molecular complexity index is 1990. The Morgan fingerprint density at radius 1 is 0.275 bits per heavy atom. The normalized spacial score (nSPS) is 14.8. The first kappa shape index (κ1) is 100. The van der Waals surface area contributed by atoms with Crippen LogP contribution >= 0.6 is 15.6 Å². The van der Waals surface area contributed by atoms with Gasteiger partial charge in [0.1, 0.15) is 19.3 Å². The Hall–Kier alpha value is -1.94. The Balaban J connectivity index is 5.17. The van der Waals surface area contributed by atoms with Gasteiger partial charge in [-0.05, 0) is 49.4 Å². The molecule has 17 nitrogen and oxygen atoms in total. The molecule has 0 aromatic carbocycles. The zero-order valence-corrected chi connectivity index (χ0v) is 69.0. The smallest absolute Gasteiger partial charge is 0.462 e. The molecular formula is C83H162O17P2. The summed E-state index contributed by atoms with van der Waals surface area (Å²) in [7, 11) is -9.92. The van der Waals surface area contributed by atoms with Crippen molar-refractivity contribution in [2.45, 2.75) is 446 Å². The number of phosphoric ester groups is 2. The summed E-state index contributed by atoms with van der Waals surface area (Å²) in [6.45, 7) is 14.3. The molecule has 0 saturated heterocycles. The third-order valence-electron chi connectivity index (χ3n) is 20.4. The minimum Gasteiger partial charge on any atom is -0.462 e. The van der Waals surface area contributed by atoms with E-state index in [1.807, 2.05) is 0 Å². The summed E-state index contributed by atoms with van der Waals surface area (Å²) >= 11 is 0. The lowest BCUT2D eigenvalue weighted by Gasteiger charge is -2.21. The van der Waals surface area contributed by atoms with Crippen LogP contribution in [0, 0.1) is 23.7 Å². The fraction of sp³-hybridized carbons (Fsp3) is 0.952. The van der Waals surface area contributed by atoms with E-state index in [0.29, 0.717) is 25.7 Å². The molecule has 0 amide bonds. The van der Waals surface area contributed by atoms with Gasteiger partial charge in [0.05, 0.1) is 26.4 Å². The molecule has 0 fully saturated rings. The number of ether oxygens (including phenoxy) is 4. The molecule has 3 N–H and O–H groups in total. The highest BCUT2D eigenvalue weighted by atomic mass is 31.2. The van der Waals surface area contributed by atoms with Gasteiger partial charge in [0, 0.05) is 25.7 Å². The number of carbonyl (C=O) groups is 4. The largest absolute Gasteiger partial charge is 0.472 e. The molecule has 0 saturated carbocycles. The first-order chi connectivity index (χ1) is 49.2. The molecule has 0 radical (unpaired) electrons. The Morgan fingerprint density at radius 3 is 0.696 bits per heavy atom. The fourth-order valence-corrected chi connectivity index (χ4v) is 14.3. The van der Waals surface area contributed by atoms with Crippen molar-refractivity contribution in [1.29, 1.82) is 0 Å². The van der Waals surface area contributed by atoms with Crippen LogP contribution < -0.4 is 0 Å². The maximum Gasteiger partial charge on any atom is 0.472 e. The van der Waals surface area contributed by atoms with Gasteiger partial charge in [-0.1, -0.05) is 376 Å². The molecule has 0 bridgehead atoms. The van der Waals surface area contributed by atoms with Gasteiger partial charge in [0.15, 0.2) is 12.2 Å². The van der Waals surface area contributed by atoms with Gasteiger partial charge in [0.2, 0.25) is 0 Å². The van der Waals surface area contributed by atoms with Crippen LogP contribution in [0.5, 0.6) is 0 Å². The number of unbranched alkanes of at least 4 members (excludes halogenated alkanes) is 43. The predicted octanol–water partition coefficient (Wildman–Crippen LogP) is 24.8. The van der Waals surface area contributed by atoms with Crippen LogP contribution in [0.25, 0.3) is 0 Å². The quantitative estimate of drug-likeness (QED) is 0.0222. The standard InChI is InChI=1S/C83H162O17P2/c1-9-74(6)60-52-44-36-30-24-20-16-14-12-13-15-17-22-26-32-38-47-55-63-80(85)93-69-78(99-83(88)66-58-50-40-34-28-29-35-43-51-59-73(4)5)71-97-101(89,90)95-67-77(84)68-96-102(91,92)98-72-79(70-94-81(86)64-56-48-42-41-46-54-62-76(8)11-3)100-82(87)65-57-49-39-33-27-23-19-18-21-25-31-37-45-53-61-75(7)10-2/h73-79,84H,9-72H2,1-8H3,(H,89,90)(H,91,92)/t74?,75?,76?,77-,78-,79-/m1/s1. The van der Waals surface area contributed by atoms with Crippen LogP contribution in [0.15, 0.2) is 0 Å². The first-order valence-corrected chi connectivity index (χ1v) is 45.8. The van der Waals surface area contributed by atoms with Crippen molar-refractivity contribution in [3.05, 3.63) is 0 Å². The topological polar surface area (TPSA) is 237 Å². The van der Waals surface area contributed by atoms with Crippen molar-refractivity contribution in [3.63, 3.8) is 0 Å². The molecule has 0 aromatic rings. The van der Waals surface area contributed by atoms with Crippen LogP contribution in [0.3, 0.4) is 0 Å². The SMILES string of the molecule is CCC(C)CCCCCCCCCCCCCCCCCCCCC(=O)OC[C@H](COP(=O)(O)OC[C@@H](O)COP(=O)(O)OC[C@@H](COC(=O)CCCCCCCCC(C)CC)OC(=O)CCCCCCCCCCCCCCCCC(C)CC)OC(=O)CCCCCCCCCCCC(C)C. The number of aliphatic hydroxyl groups is 1. The van der Waals surface area contributed by atoms with E-state index < -0.39 is 97.5 Å². The summed E-state index contributed by atoms with van der Waals surface area (Å²) in [6.07, 6.45) is 59.7. The lowest BCUT2D eigenvalue weighted by atomic mass is 9.99. The van der Waals surface area contributed by atoms with E-state index in [2.05, 4.69) is 55.4 Å². The lowest BCUT2D eigenvalue weighted by molar-refractivity contribution is -0.161. The van der Waals surface area contributed by atoms with E-state index in [1.165, 1.54) is 225 Å². The average molecular weight is 1490 g/mol. The third-order valence-corrected chi connectivity index (χ3v) is 22.3. The number of phosphoric acid groups is 2. The highest BCUT2D eigenvalue weighted by Gasteiger charge is 2.30. The maximum absolute atomic E-state index is 13.1. The highest BCUT2D eigenvalue weighted by Crippen LogP contribution is 2.45. The summed E-state index contributed by atoms with van der Waals surface area (Å²) < 4.78 is 68.7. The summed E-state index contributed by atoms with van der Waals surface area (Å²) in [5, 5.41) is 10.6. The molecule has 8 atom stereocenters. The zero-order chi connectivity index (χ0) is 75.3. The second-order valence-electron chi connectivity index (χ2n) is 31.1. The molecular weight excluding hydrogens is 1330 g/mol. The van der Waals surface area contributed by atoms with Crippen LogP contribution in [0.1, 0.15) is 428 Å². The molecule has 0 aliphatic carbocycles. The molecule has 606 valence electrons. The summed E-state index contributed by atoms with van der Waals surface area (Å²) in [5.74, 6) is 1.07. The van der Waals surface area contributed by atoms with Gasteiger partial charge in [0.25, 0.3) is 0 Å². The summed E-state index contributed by atoms with van der Waals surface area (Å²) in [4.78, 5) is 73.0.